The van der Waals surface area contributed by atoms with E-state index in [1.165, 1.54) is 20.5 Å². The minimum atomic E-state index is -4.00. The fourth-order valence-electron chi connectivity index (χ4n) is 5.41. The van der Waals surface area contributed by atoms with Crippen molar-refractivity contribution in [3.05, 3.63) is 44.4 Å². The van der Waals surface area contributed by atoms with Gasteiger partial charge in [0.25, 0.3) is 15.9 Å². The molecule has 222 valence electrons. The number of sulfonamides is 1. The molecule has 0 aliphatic carbocycles. The molecule has 2 unspecified atom stereocenters. The minimum Gasteiger partial charge on any atom is -0.349 e. The molecule has 0 saturated carbocycles. The zero-order valence-corrected chi connectivity index (χ0v) is 26.3. The molecule has 2 amide bonds. The van der Waals surface area contributed by atoms with Gasteiger partial charge in [0.1, 0.15) is 0 Å². The lowest BCUT2D eigenvalue weighted by atomic mass is 10.1. The number of nitrogens with one attached hydrogen (secondary N) is 2. The predicted molar refractivity (Wildman–Crippen MR) is 160 cm³/mol. The number of benzene rings is 1. The van der Waals surface area contributed by atoms with Crippen LogP contribution >= 0.6 is 22.9 Å². The predicted octanol–water partition coefficient (Wildman–Crippen LogP) is 2.37. The summed E-state index contributed by atoms with van der Waals surface area (Å²) in [6, 6.07) is 4.90. The molecule has 11 nitrogen and oxygen atoms in total. The number of fused-ring (bicyclic) bond motifs is 2. The van der Waals surface area contributed by atoms with E-state index in [4.69, 9.17) is 11.6 Å². The summed E-state index contributed by atoms with van der Waals surface area (Å²) >= 11 is 7.63. The molecule has 14 heteroatoms. The Morgan fingerprint density at radius 2 is 1.95 bits per heavy atom. The van der Waals surface area contributed by atoms with Crippen molar-refractivity contribution in [1.82, 2.24) is 34.3 Å². The Bertz CT molecular complexity index is 1580. The zero-order chi connectivity index (χ0) is 29.6. The average Bonchev–Trinajstić information content (AvgIpc) is 3.49. The van der Waals surface area contributed by atoms with E-state index in [1.807, 2.05) is 19.0 Å². The number of aromatic amines is 1. The maximum Gasteiger partial charge on any atom is 0.283 e. The van der Waals surface area contributed by atoms with E-state index in [2.05, 4.69) is 22.2 Å². The molecule has 2 N–H and O–H groups in total. The molecule has 1 aromatic carbocycles. The third kappa shape index (κ3) is 6.02. The van der Waals surface area contributed by atoms with Crippen LogP contribution in [0.5, 0.6) is 0 Å². The first-order valence-corrected chi connectivity index (χ1v) is 16.2. The second-order valence-corrected chi connectivity index (χ2v) is 14.6. The van der Waals surface area contributed by atoms with Gasteiger partial charge in [0.2, 0.25) is 5.91 Å². The molecule has 2 aliphatic heterocycles. The normalized spacial score (nSPS) is 20.0. The van der Waals surface area contributed by atoms with Crippen molar-refractivity contribution in [3.8, 4) is 0 Å². The van der Waals surface area contributed by atoms with Crippen LogP contribution in [0.4, 0.5) is 0 Å². The summed E-state index contributed by atoms with van der Waals surface area (Å²) in [6.45, 7) is 3.38. The van der Waals surface area contributed by atoms with Gasteiger partial charge in [-0.25, -0.2) is 13.4 Å². The molecule has 2 atom stereocenters. The quantitative estimate of drug-likeness (QED) is 0.415. The van der Waals surface area contributed by atoms with Gasteiger partial charge in [-0.2, -0.15) is 4.31 Å². The maximum atomic E-state index is 14.1. The Morgan fingerprint density at radius 1 is 1.20 bits per heavy atom. The summed E-state index contributed by atoms with van der Waals surface area (Å²) in [5, 5.41) is 5.14. The standard InChI is InChI=1S/C27H36ClN7O4S2/c1-16-10-22-23(13-29-16)40-25(30-22)27(37)35-9-8-34(14-18(35)12-24(36)33(4)5)41(38,39)26-20(15-32(2)3)19-11-17(28)6-7-21(19)31-26/h6-7,11,16,18,29,31H,8-10,12-15H2,1-5H3. The number of amides is 2. The van der Waals surface area contributed by atoms with Gasteiger partial charge >= 0.3 is 0 Å². The van der Waals surface area contributed by atoms with Crippen molar-refractivity contribution in [2.45, 2.75) is 50.0 Å². The number of piperazine rings is 1. The molecule has 1 saturated heterocycles. The molecule has 2 aromatic heterocycles. The number of halogens is 1. The molecular formula is C27H36ClN7O4S2. The van der Waals surface area contributed by atoms with Crippen LogP contribution in [0.2, 0.25) is 5.02 Å². The number of aromatic nitrogens is 2. The molecule has 0 spiro atoms. The molecular weight excluding hydrogens is 586 g/mol. The molecule has 5 rings (SSSR count). The Balaban J connectivity index is 1.47. The van der Waals surface area contributed by atoms with Crippen molar-refractivity contribution in [2.24, 2.45) is 0 Å². The van der Waals surface area contributed by atoms with E-state index in [9.17, 15) is 18.0 Å². The van der Waals surface area contributed by atoms with E-state index in [0.717, 1.165) is 22.4 Å². The first kappa shape index (κ1) is 29.9. The van der Waals surface area contributed by atoms with Gasteiger partial charge in [0.05, 0.1) is 11.7 Å². The van der Waals surface area contributed by atoms with Gasteiger partial charge in [0, 0.05) is 92.1 Å². The smallest absolute Gasteiger partial charge is 0.283 e. The van der Waals surface area contributed by atoms with Crippen LogP contribution in [0.1, 0.15) is 39.3 Å². The van der Waals surface area contributed by atoms with Gasteiger partial charge in [0.15, 0.2) is 10.0 Å². The van der Waals surface area contributed by atoms with Crippen LogP contribution in [0.25, 0.3) is 10.9 Å². The molecule has 0 bridgehead atoms. The van der Waals surface area contributed by atoms with Gasteiger partial charge < -0.3 is 25.0 Å². The number of carbonyl (C=O) groups is 2. The van der Waals surface area contributed by atoms with E-state index < -0.39 is 16.1 Å². The van der Waals surface area contributed by atoms with E-state index in [1.54, 1.807) is 37.2 Å². The minimum absolute atomic E-state index is 0.00129. The van der Waals surface area contributed by atoms with Crippen LogP contribution in [0.15, 0.2) is 23.2 Å². The summed E-state index contributed by atoms with van der Waals surface area (Å²) in [6.07, 6.45) is 0.750. The highest BCUT2D eigenvalue weighted by atomic mass is 35.5. The summed E-state index contributed by atoms with van der Waals surface area (Å²) in [5.74, 6) is -0.448. The van der Waals surface area contributed by atoms with Gasteiger partial charge in [-0.15, -0.1) is 11.3 Å². The highest BCUT2D eigenvalue weighted by molar-refractivity contribution is 7.89. The zero-order valence-electron chi connectivity index (χ0n) is 23.9. The molecule has 1 fully saturated rings. The van der Waals surface area contributed by atoms with Crippen LogP contribution in [0, 0.1) is 0 Å². The number of carbonyl (C=O) groups excluding carboxylic acids is 2. The third-order valence-electron chi connectivity index (χ3n) is 7.59. The topological polar surface area (TPSA) is 122 Å². The number of thiazole rings is 1. The SMILES string of the molecule is CC1Cc2nc(C(=O)N3CCN(S(=O)(=O)c4[nH]c5ccc(Cl)cc5c4CN(C)C)CC3CC(=O)N(C)C)sc2CN1. The average molecular weight is 622 g/mol. The van der Waals surface area contributed by atoms with E-state index >= 15 is 0 Å². The second-order valence-electron chi connectivity index (χ2n) is 11.2. The van der Waals surface area contributed by atoms with Gasteiger partial charge in [-0.3, -0.25) is 9.59 Å². The number of rotatable bonds is 7. The number of hydrogen-bond acceptors (Lipinski definition) is 8. The maximum absolute atomic E-state index is 14.1. The molecule has 2 aliphatic rings. The lowest BCUT2D eigenvalue weighted by Gasteiger charge is -2.40. The van der Waals surface area contributed by atoms with Crippen molar-refractivity contribution < 1.29 is 18.0 Å². The van der Waals surface area contributed by atoms with Crippen LogP contribution in [-0.2, 0) is 34.3 Å². The molecule has 41 heavy (non-hydrogen) atoms. The monoisotopic (exact) mass is 621 g/mol. The van der Waals surface area contributed by atoms with Crippen molar-refractivity contribution in [3.63, 3.8) is 0 Å². The lowest BCUT2D eigenvalue weighted by molar-refractivity contribution is -0.130. The fourth-order valence-corrected chi connectivity index (χ4v) is 8.25. The lowest BCUT2D eigenvalue weighted by Crippen LogP contribution is -2.57. The number of H-pyrrole nitrogens is 1. The van der Waals surface area contributed by atoms with Crippen molar-refractivity contribution >= 4 is 55.7 Å². The third-order valence-corrected chi connectivity index (χ3v) is 10.8. The Kier molecular flexibility index (Phi) is 8.48. The Hall–Kier alpha value is -2.55. The van der Waals surface area contributed by atoms with Crippen LogP contribution < -0.4 is 5.32 Å². The summed E-state index contributed by atoms with van der Waals surface area (Å²) in [7, 11) is 3.05. The first-order chi connectivity index (χ1) is 19.3. The van der Waals surface area contributed by atoms with Crippen molar-refractivity contribution in [1.29, 1.82) is 0 Å². The number of nitrogens with zero attached hydrogens (tertiary/aromatic N) is 5. The van der Waals surface area contributed by atoms with Crippen molar-refractivity contribution in [2.75, 3.05) is 47.8 Å². The molecule has 0 radical (unpaired) electrons. The molecule has 4 heterocycles. The van der Waals surface area contributed by atoms with Crippen LogP contribution in [-0.4, -0.2) is 109 Å². The second kappa shape index (κ2) is 11.6. The largest absolute Gasteiger partial charge is 0.349 e. The van der Waals surface area contributed by atoms with E-state index in [-0.39, 0.29) is 48.9 Å². The first-order valence-electron chi connectivity index (χ1n) is 13.5. The fraction of sp³-hybridized carbons (Fsp3) is 0.519. The molecule has 3 aromatic rings. The summed E-state index contributed by atoms with van der Waals surface area (Å²) in [5.41, 5.74) is 2.23. The summed E-state index contributed by atoms with van der Waals surface area (Å²) < 4.78 is 29.7. The Labute approximate surface area is 249 Å². The highest BCUT2D eigenvalue weighted by Gasteiger charge is 2.40. The highest BCUT2D eigenvalue weighted by Crippen LogP contribution is 2.33. The summed E-state index contributed by atoms with van der Waals surface area (Å²) in [4.78, 5) is 40.4. The number of hydrogen-bond donors (Lipinski definition) is 2. The van der Waals surface area contributed by atoms with Gasteiger partial charge in [-0.1, -0.05) is 11.6 Å². The van der Waals surface area contributed by atoms with E-state index in [0.29, 0.717) is 34.2 Å². The van der Waals surface area contributed by atoms with Crippen LogP contribution in [0.3, 0.4) is 0 Å². The Morgan fingerprint density at radius 3 is 2.66 bits per heavy atom. The van der Waals surface area contributed by atoms with Gasteiger partial charge in [-0.05, 0) is 39.2 Å².